The molecule has 2 aliphatic carbocycles. The van der Waals surface area contributed by atoms with E-state index < -0.39 is 17.8 Å². The summed E-state index contributed by atoms with van der Waals surface area (Å²) < 4.78 is 0. The number of pyridine rings is 1. The molecule has 5 nitrogen and oxygen atoms in total. The number of carbonyl (C=O) groups excluding carboxylic acids is 1. The molecular formula is C16H18N2O3. The first-order valence-electron chi connectivity index (χ1n) is 7.17. The van der Waals surface area contributed by atoms with E-state index in [1.54, 1.807) is 6.20 Å². The van der Waals surface area contributed by atoms with Gasteiger partial charge in [-0.05, 0) is 36.8 Å². The molecule has 21 heavy (non-hydrogen) atoms. The van der Waals surface area contributed by atoms with E-state index in [1.165, 1.54) is 0 Å². The lowest BCUT2D eigenvalue weighted by atomic mass is 9.82. The Labute approximate surface area is 123 Å². The van der Waals surface area contributed by atoms with Gasteiger partial charge in [0.1, 0.15) is 0 Å². The second-order valence-electron chi connectivity index (χ2n) is 5.82. The molecule has 2 bridgehead atoms. The van der Waals surface area contributed by atoms with E-state index in [1.807, 2.05) is 31.2 Å². The van der Waals surface area contributed by atoms with Crippen LogP contribution in [0.5, 0.6) is 0 Å². The van der Waals surface area contributed by atoms with Crippen molar-refractivity contribution in [2.45, 2.75) is 19.9 Å². The minimum absolute atomic E-state index is 0.000151. The maximum Gasteiger partial charge on any atom is 0.307 e. The van der Waals surface area contributed by atoms with E-state index in [0.29, 0.717) is 6.54 Å². The van der Waals surface area contributed by atoms with E-state index in [2.05, 4.69) is 10.3 Å². The quantitative estimate of drug-likeness (QED) is 0.823. The zero-order valence-corrected chi connectivity index (χ0v) is 11.8. The molecule has 0 spiro atoms. The molecule has 0 radical (unpaired) electrons. The van der Waals surface area contributed by atoms with Crippen LogP contribution in [0, 0.1) is 30.6 Å². The van der Waals surface area contributed by atoms with Gasteiger partial charge in [0.2, 0.25) is 5.91 Å². The highest BCUT2D eigenvalue weighted by Crippen LogP contribution is 2.48. The number of fused-ring (bicyclic) bond motifs is 2. The van der Waals surface area contributed by atoms with Gasteiger partial charge in [-0.25, -0.2) is 0 Å². The number of nitrogens with zero attached hydrogens (tertiary/aromatic N) is 1. The topological polar surface area (TPSA) is 79.3 Å². The lowest BCUT2D eigenvalue weighted by Gasteiger charge is -2.23. The van der Waals surface area contributed by atoms with Crippen molar-refractivity contribution in [2.75, 3.05) is 0 Å². The number of carboxylic acid groups (broad SMARTS) is 1. The maximum atomic E-state index is 12.4. The normalized spacial score (nSPS) is 29.6. The number of aromatic nitrogens is 1. The summed E-state index contributed by atoms with van der Waals surface area (Å²) in [4.78, 5) is 28.0. The largest absolute Gasteiger partial charge is 0.481 e. The Hall–Kier alpha value is -2.17. The minimum atomic E-state index is -0.874. The predicted octanol–water partition coefficient (Wildman–Crippen LogP) is 1.53. The highest BCUT2D eigenvalue weighted by Gasteiger charge is 2.51. The van der Waals surface area contributed by atoms with Gasteiger partial charge < -0.3 is 10.4 Å². The van der Waals surface area contributed by atoms with Crippen LogP contribution in [0.15, 0.2) is 30.5 Å². The van der Waals surface area contributed by atoms with Gasteiger partial charge in [0.05, 0.1) is 24.1 Å². The molecule has 5 heteroatoms. The molecule has 2 aliphatic rings. The zero-order valence-electron chi connectivity index (χ0n) is 11.8. The van der Waals surface area contributed by atoms with Crippen molar-refractivity contribution < 1.29 is 14.7 Å². The molecule has 1 fully saturated rings. The van der Waals surface area contributed by atoms with Gasteiger partial charge in [0.25, 0.3) is 0 Å². The van der Waals surface area contributed by atoms with Crippen LogP contribution in [0.3, 0.4) is 0 Å². The first-order valence-corrected chi connectivity index (χ1v) is 7.17. The van der Waals surface area contributed by atoms with E-state index >= 15 is 0 Å². The monoisotopic (exact) mass is 286 g/mol. The van der Waals surface area contributed by atoms with Gasteiger partial charge in [0.15, 0.2) is 0 Å². The van der Waals surface area contributed by atoms with E-state index in [4.69, 9.17) is 0 Å². The summed E-state index contributed by atoms with van der Waals surface area (Å²) in [5.41, 5.74) is 1.83. The molecule has 3 rings (SSSR count). The number of allylic oxidation sites excluding steroid dienone is 2. The zero-order chi connectivity index (χ0) is 15.0. The first-order chi connectivity index (χ1) is 10.1. The van der Waals surface area contributed by atoms with Crippen molar-refractivity contribution in [1.29, 1.82) is 0 Å². The highest BCUT2D eigenvalue weighted by molar-refractivity contribution is 5.86. The molecule has 0 saturated heterocycles. The van der Waals surface area contributed by atoms with Gasteiger partial charge in [-0.3, -0.25) is 14.6 Å². The van der Waals surface area contributed by atoms with Gasteiger partial charge >= 0.3 is 5.97 Å². The van der Waals surface area contributed by atoms with Gasteiger partial charge in [-0.1, -0.05) is 18.2 Å². The Morgan fingerprint density at radius 1 is 1.33 bits per heavy atom. The van der Waals surface area contributed by atoms with Crippen molar-refractivity contribution >= 4 is 11.9 Å². The first kappa shape index (κ1) is 13.8. The smallest absolute Gasteiger partial charge is 0.307 e. The minimum Gasteiger partial charge on any atom is -0.481 e. The lowest BCUT2D eigenvalue weighted by Crippen LogP contribution is -2.40. The number of amides is 1. The van der Waals surface area contributed by atoms with Crippen LogP contribution in [-0.4, -0.2) is 22.0 Å². The SMILES string of the molecule is Cc1cccnc1CNC(=O)C1C2C=CC(C2)C1C(=O)O. The standard InChI is InChI=1S/C16H18N2O3/c1-9-3-2-6-17-12(9)8-18-15(19)13-10-4-5-11(7-10)14(13)16(20)21/h2-6,10-11,13-14H,7-8H2,1H3,(H,18,19)(H,20,21). The number of carbonyl (C=O) groups is 2. The number of rotatable bonds is 4. The van der Waals surface area contributed by atoms with Crippen LogP contribution >= 0.6 is 0 Å². The van der Waals surface area contributed by atoms with Crippen LogP contribution in [-0.2, 0) is 16.1 Å². The number of nitrogens with one attached hydrogen (secondary N) is 1. The molecule has 1 aromatic heterocycles. The Kier molecular flexibility index (Phi) is 3.49. The predicted molar refractivity (Wildman–Crippen MR) is 76.2 cm³/mol. The van der Waals surface area contributed by atoms with Crippen LogP contribution < -0.4 is 5.32 Å². The summed E-state index contributed by atoms with van der Waals surface area (Å²) in [6.07, 6.45) is 6.39. The highest BCUT2D eigenvalue weighted by atomic mass is 16.4. The Morgan fingerprint density at radius 2 is 2.05 bits per heavy atom. The summed E-state index contributed by atoms with van der Waals surface area (Å²) in [5.74, 6) is -2.04. The summed E-state index contributed by atoms with van der Waals surface area (Å²) in [7, 11) is 0. The Bertz CT molecular complexity index is 611. The summed E-state index contributed by atoms with van der Waals surface area (Å²) in [5, 5.41) is 12.2. The van der Waals surface area contributed by atoms with Crippen LogP contribution in [0.2, 0.25) is 0 Å². The van der Waals surface area contributed by atoms with Gasteiger partial charge in [0, 0.05) is 6.20 Å². The molecule has 1 amide bonds. The number of aryl methyl sites for hydroxylation is 1. The van der Waals surface area contributed by atoms with Crippen LogP contribution in [0.1, 0.15) is 17.7 Å². The second-order valence-corrected chi connectivity index (χ2v) is 5.82. The molecule has 110 valence electrons. The van der Waals surface area contributed by atoms with Crippen molar-refractivity contribution in [2.24, 2.45) is 23.7 Å². The fourth-order valence-electron chi connectivity index (χ4n) is 3.51. The van der Waals surface area contributed by atoms with Crippen molar-refractivity contribution in [3.05, 3.63) is 41.7 Å². The average molecular weight is 286 g/mol. The second kappa shape index (κ2) is 5.31. The molecule has 1 saturated carbocycles. The third-order valence-electron chi connectivity index (χ3n) is 4.60. The Morgan fingerprint density at radius 3 is 2.71 bits per heavy atom. The molecule has 0 aliphatic heterocycles. The molecule has 4 atom stereocenters. The van der Waals surface area contributed by atoms with Gasteiger partial charge in [-0.2, -0.15) is 0 Å². The fourth-order valence-corrected chi connectivity index (χ4v) is 3.51. The Balaban J connectivity index is 1.69. The molecule has 2 N–H and O–H groups in total. The molecule has 1 aromatic rings. The maximum absolute atomic E-state index is 12.4. The summed E-state index contributed by atoms with van der Waals surface area (Å²) in [6.45, 7) is 2.28. The van der Waals surface area contributed by atoms with Crippen molar-refractivity contribution in [3.63, 3.8) is 0 Å². The molecule has 0 aromatic carbocycles. The van der Waals surface area contributed by atoms with E-state index in [0.717, 1.165) is 17.7 Å². The molecule has 4 unspecified atom stereocenters. The van der Waals surface area contributed by atoms with Crippen molar-refractivity contribution in [3.8, 4) is 0 Å². The van der Waals surface area contributed by atoms with Crippen LogP contribution in [0.25, 0.3) is 0 Å². The van der Waals surface area contributed by atoms with Crippen LogP contribution in [0.4, 0.5) is 0 Å². The number of hydrogen-bond donors (Lipinski definition) is 2. The van der Waals surface area contributed by atoms with Crippen molar-refractivity contribution in [1.82, 2.24) is 10.3 Å². The number of aliphatic carboxylic acids is 1. The van der Waals surface area contributed by atoms with E-state index in [9.17, 15) is 14.7 Å². The van der Waals surface area contributed by atoms with E-state index in [-0.39, 0.29) is 17.7 Å². The number of carboxylic acids is 1. The number of hydrogen-bond acceptors (Lipinski definition) is 3. The fraction of sp³-hybridized carbons (Fsp3) is 0.438. The summed E-state index contributed by atoms with van der Waals surface area (Å²) in [6, 6.07) is 3.79. The third-order valence-corrected chi connectivity index (χ3v) is 4.60. The summed E-state index contributed by atoms with van der Waals surface area (Å²) >= 11 is 0. The molecule has 1 heterocycles. The third kappa shape index (κ3) is 2.44. The molecular weight excluding hydrogens is 268 g/mol. The average Bonchev–Trinajstić information content (AvgIpc) is 3.06. The lowest BCUT2D eigenvalue weighted by molar-refractivity contribution is -0.147. The van der Waals surface area contributed by atoms with Gasteiger partial charge in [-0.15, -0.1) is 0 Å².